The van der Waals surface area contributed by atoms with Crippen LogP contribution >= 0.6 is 0 Å². The SMILES string of the molecule is CC(C)c1[nH]ncc1-c1ccnc(NC2CCN(C)CC2)c1. The molecule has 1 saturated heterocycles. The summed E-state index contributed by atoms with van der Waals surface area (Å²) in [4.78, 5) is 6.86. The highest BCUT2D eigenvalue weighted by atomic mass is 15.1. The third kappa shape index (κ3) is 3.30. The van der Waals surface area contributed by atoms with Crippen LogP contribution in [-0.4, -0.2) is 46.3 Å². The summed E-state index contributed by atoms with van der Waals surface area (Å²) < 4.78 is 0. The standard InChI is InChI=1S/C17H25N5/c1-12(2)17-15(11-19-21-17)13-4-7-18-16(10-13)20-14-5-8-22(3)9-6-14/h4,7,10-12,14H,5-6,8-9H2,1-3H3,(H,18,20)(H,19,21). The van der Waals surface area contributed by atoms with E-state index in [1.54, 1.807) is 0 Å². The van der Waals surface area contributed by atoms with Crippen LogP contribution in [0.2, 0.25) is 0 Å². The highest BCUT2D eigenvalue weighted by Gasteiger charge is 2.17. The molecule has 1 fully saturated rings. The first kappa shape index (κ1) is 15.0. The van der Waals surface area contributed by atoms with Crippen LogP contribution in [0.25, 0.3) is 11.1 Å². The van der Waals surface area contributed by atoms with E-state index < -0.39 is 0 Å². The lowest BCUT2D eigenvalue weighted by Crippen LogP contribution is -2.36. The van der Waals surface area contributed by atoms with Gasteiger partial charge in [-0.3, -0.25) is 5.10 Å². The fourth-order valence-electron chi connectivity index (χ4n) is 3.01. The summed E-state index contributed by atoms with van der Waals surface area (Å²) in [5, 5.41) is 10.9. The first-order valence-electron chi connectivity index (χ1n) is 8.08. The van der Waals surface area contributed by atoms with Crippen LogP contribution in [0.15, 0.2) is 24.5 Å². The maximum atomic E-state index is 4.48. The topological polar surface area (TPSA) is 56.8 Å². The molecule has 118 valence electrons. The van der Waals surface area contributed by atoms with Crippen molar-refractivity contribution < 1.29 is 0 Å². The van der Waals surface area contributed by atoms with Crippen molar-refractivity contribution in [1.29, 1.82) is 0 Å². The average molecular weight is 299 g/mol. The Morgan fingerprint density at radius 3 is 2.82 bits per heavy atom. The molecule has 0 aliphatic carbocycles. The van der Waals surface area contributed by atoms with Gasteiger partial charge in [-0.25, -0.2) is 4.98 Å². The number of aromatic amines is 1. The van der Waals surface area contributed by atoms with Crippen molar-refractivity contribution in [3.8, 4) is 11.1 Å². The van der Waals surface area contributed by atoms with Gasteiger partial charge in [-0.15, -0.1) is 0 Å². The zero-order chi connectivity index (χ0) is 15.5. The molecule has 1 aliphatic rings. The molecule has 3 heterocycles. The number of hydrogen-bond acceptors (Lipinski definition) is 4. The van der Waals surface area contributed by atoms with Gasteiger partial charge in [0, 0.05) is 23.5 Å². The number of H-pyrrole nitrogens is 1. The molecular weight excluding hydrogens is 274 g/mol. The molecule has 2 aromatic rings. The van der Waals surface area contributed by atoms with Crippen LogP contribution in [0.3, 0.4) is 0 Å². The van der Waals surface area contributed by atoms with Gasteiger partial charge in [0.15, 0.2) is 0 Å². The molecule has 5 nitrogen and oxygen atoms in total. The minimum absolute atomic E-state index is 0.427. The number of anilines is 1. The molecule has 5 heteroatoms. The Hall–Kier alpha value is -1.88. The van der Waals surface area contributed by atoms with E-state index in [1.165, 1.54) is 29.7 Å². The lowest BCUT2D eigenvalue weighted by Gasteiger charge is -2.29. The molecule has 22 heavy (non-hydrogen) atoms. The largest absolute Gasteiger partial charge is 0.367 e. The zero-order valence-corrected chi connectivity index (χ0v) is 13.6. The Labute approximate surface area is 132 Å². The number of aromatic nitrogens is 3. The number of piperidine rings is 1. The van der Waals surface area contributed by atoms with E-state index in [2.05, 4.69) is 58.4 Å². The van der Waals surface area contributed by atoms with E-state index in [4.69, 9.17) is 0 Å². The van der Waals surface area contributed by atoms with Crippen LogP contribution in [-0.2, 0) is 0 Å². The van der Waals surface area contributed by atoms with Crippen molar-refractivity contribution in [2.75, 3.05) is 25.5 Å². The molecular formula is C17H25N5. The van der Waals surface area contributed by atoms with Crippen molar-refractivity contribution in [3.63, 3.8) is 0 Å². The second-order valence-electron chi connectivity index (χ2n) is 6.50. The molecule has 0 bridgehead atoms. The minimum Gasteiger partial charge on any atom is -0.367 e. The smallest absolute Gasteiger partial charge is 0.126 e. The van der Waals surface area contributed by atoms with Gasteiger partial charge >= 0.3 is 0 Å². The van der Waals surface area contributed by atoms with Gasteiger partial charge in [0.25, 0.3) is 0 Å². The second-order valence-corrected chi connectivity index (χ2v) is 6.50. The molecule has 0 radical (unpaired) electrons. The normalized spacial score (nSPS) is 17.1. The number of nitrogens with zero attached hydrogens (tertiary/aromatic N) is 3. The number of pyridine rings is 1. The maximum Gasteiger partial charge on any atom is 0.126 e. The number of nitrogens with one attached hydrogen (secondary N) is 2. The summed E-state index contributed by atoms with van der Waals surface area (Å²) >= 11 is 0. The van der Waals surface area contributed by atoms with Crippen molar-refractivity contribution in [3.05, 3.63) is 30.2 Å². The summed E-state index contributed by atoms with van der Waals surface area (Å²) in [7, 11) is 2.18. The quantitative estimate of drug-likeness (QED) is 0.911. The predicted octanol–water partition coefficient (Wildman–Crippen LogP) is 3.10. The van der Waals surface area contributed by atoms with Gasteiger partial charge in [0.2, 0.25) is 0 Å². The summed E-state index contributed by atoms with van der Waals surface area (Å²) in [6.07, 6.45) is 6.13. The summed E-state index contributed by atoms with van der Waals surface area (Å²) in [5.74, 6) is 1.39. The molecule has 0 unspecified atom stereocenters. The van der Waals surface area contributed by atoms with E-state index in [1.807, 2.05) is 12.4 Å². The lowest BCUT2D eigenvalue weighted by atomic mass is 10.0. The molecule has 0 spiro atoms. The summed E-state index contributed by atoms with van der Waals surface area (Å²) in [6, 6.07) is 4.71. The van der Waals surface area contributed by atoms with E-state index in [0.717, 1.165) is 18.9 Å². The Bertz CT molecular complexity index is 611. The summed E-state index contributed by atoms with van der Waals surface area (Å²) in [6.45, 7) is 6.65. The van der Waals surface area contributed by atoms with Gasteiger partial charge in [0.05, 0.1) is 6.20 Å². The zero-order valence-electron chi connectivity index (χ0n) is 13.6. The van der Waals surface area contributed by atoms with Gasteiger partial charge in [-0.1, -0.05) is 13.8 Å². The maximum absolute atomic E-state index is 4.48. The molecule has 0 atom stereocenters. The van der Waals surface area contributed by atoms with E-state index in [-0.39, 0.29) is 0 Å². The van der Waals surface area contributed by atoms with E-state index in [9.17, 15) is 0 Å². The molecule has 2 N–H and O–H groups in total. The minimum atomic E-state index is 0.427. The molecule has 3 rings (SSSR count). The van der Waals surface area contributed by atoms with Gasteiger partial charge in [-0.2, -0.15) is 5.10 Å². The Morgan fingerprint density at radius 2 is 2.09 bits per heavy atom. The van der Waals surface area contributed by atoms with Crippen LogP contribution in [0.4, 0.5) is 5.82 Å². The van der Waals surface area contributed by atoms with Crippen LogP contribution < -0.4 is 5.32 Å². The van der Waals surface area contributed by atoms with Crippen LogP contribution in [0.1, 0.15) is 38.3 Å². The Morgan fingerprint density at radius 1 is 1.32 bits per heavy atom. The van der Waals surface area contributed by atoms with E-state index in [0.29, 0.717) is 12.0 Å². The molecule has 0 aromatic carbocycles. The summed E-state index contributed by atoms with van der Waals surface area (Å²) in [5.41, 5.74) is 3.52. The highest BCUT2D eigenvalue weighted by molar-refractivity contribution is 5.68. The first-order valence-corrected chi connectivity index (χ1v) is 8.08. The molecule has 0 saturated carbocycles. The van der Waals surface area contributed by atoms with Gasteiger partial charge in [-0.05, 0) is 56.6 Å². The fraction of sp³-hybridized carbons (Fsp3) is 0.529. The van der Waals surface area contributed by atoms with Crippen LogP contribution in [0.5, 0.6) is 0 Å². The molecule has 2 aromatic heterocycles. The second kappa shape index (κ2) is 6.48. The Balaban J connectivity index is 1.76. The third-order valence-electron chi connectivity index (χ3n) is 4.39. The molecule has 1 aliphatic heterocycles. The number of rotatable bonds is 4. The number of hydrogen-bond donors (Lipinski definition) is 2. The van der Waals surface area contributed by atoms with Gasteiger partial charge < -0.3 is 10.2 Å². The fourth-order valence-corrected chi connectivity index (χ4v) is 3.01. The Kier molecular flexibility index (Phi) is 4.43. The van der Waals surface area contributed by atoms with Crippen molar-refractivity contribution in [1.82, 2.24) is 20.1 Å². The average Bonchev–Trinajstić information content (AvgIpc) is 3.00. The highest BCUT2D eigenvalue weighted by Crippen LogP contribution is 2.28. The van der Waals surface area contributed by atoms with Crippen LogP contribution in [0, 0.1) is 0 Å². The first-order chi connectivity index (χ1) is 10.6. The monoisotopic (exact) mass is 299 g/mol. The van der Waals surface area contributed by atoms with Crippen molar-refractivity contribution >= 4 is 5.82 Å². The van der Waals surface area contributed by atoms with E-state index >= 15 is 0 Å². The third-order valence-corrected chi connectivity index (χ3v) is 4.39. The van der Waals surface area contributed by atoms with Gasteiger partial charge in [0.1, 0.15) is 5.82 Å². The lowest BCUT2D eigenvalue weighted by molar-refractivity contribution is 0.263. The van der Waals surface area contributed by atoms with Crippen molar-refractivity contribution in [2.45, 2.75) is 38.6 Å². The van der Waals surface area contributed by atoms with Crippen molar-refractivity contribution in [2.24, 2.45) is 0 Å². The molecule has 0 amide bonds. The number of likely N-dealkylation sites (tertiary alicyclic amines) is 1. The predicted molar refractivity (Wildman–Crippen MR) is 90.0 cm³/mol.